The van der Waals surface area contributed by atoms with Gasteiger partial charge in [-0.15, -0.1) is 0 Å². The quantitative estimate of drug-likeness (QED) is 0.704. The van der Waals surface area contributed by atoms with Crippen molar-refractivity contribution in [3.63, 3.8) is 0 Å². The fourth-order valence-corrected chi connectivity index (χ4v) is 2.40. The van der Waals surface area contributed by atoms with Gasteiger partial charge in [0.25, 0.3) is 0 Å². The van der Waals surface area contributed by atoms with E-state index in [4.69, 9.17) is 0 Å². The molecule has 0 amide bonds. The van der Waals surface area contributed by atoms with Crippen LogP contribution in [0.3, 0.4) is 0 Å². The molecule has 2 nitrogen and oxygen atoms in total. The second kappa shape index (κ2) is 3.91. The third-order valence-corrected chi connectivity index (χ3v) is 3.33. The maximum Gasteiger partial charge on any atom is 0.194 e. The Balaban J connectivity index is 2.29. The Bertz CT molecular complexity index is 669. The summed E-state index contributed by atoms with van der Waals surface area (Å²) in [5, 5.41) is 0. The van der Waals surface area contributed by atoms with Crippen molar-refractivity contribution in [3.8, 4) is 0 Å². The van der Waals surface area contributed by atoms with Crippen LogP contribution in [-0.4, -0.2) is 11.6 Å². The first-order chi connectivity index (χ1) is 8.66. The number of carbonyl (C=O) groups is 2. The smallest absolute Gasteiger partial charge is 0.194 e. The molecule has 0 saturated heterocycles. The molecule has 18 heavy (non-hydrogen) atoms. The van der Waals surface area contributed by atoms with Crippen molar-refractivity contribution >= 4 is 11.6 Å². The van der Waals surface area contributed by atoms with E-state index in [-0.39, 0.29) is 11.6 Å². The molecule has 0 saturated carbocycles. The van der Waals surface area contributed by atoms with Crippen LogP contribution in [0.25, 0.3) is 0 Å². The van der Waals surface area contributed by atoms with Crippen LogP contribution in [0.5, 0.6) is 0 Å². The molecule has 1 aliphatic rings. The molecule has 0 unspecified atom stereocenters. The minimum atomic E-state index is -0.0496. The molecule has 0 spiro atoms. The molecule has 0 radical (unpaired) electrons. The van der Waals surface area contributed by atoms with E-state index in [0.29, 0.717) is 23.1 Å². The van der Waals surface area contributed by atoms with Crippen LogP contribution >= 0.6 is 0 Å². The molecule has 0 heterocycles. The Morgan fingerprint density at radius 1 is 0.889 bits per heavy atom. The van der Waals surface area contributed by atoms with Gasteiger partial charge in [-0.1, -0.05) is 42.0 Å². The van der Waals surface area contributed by atoms with Gasteiger partial charge in [-0.25, -0.2) is 0 Å². The SMILES string of the molecule is Cc1ccc2c(c1)C(=O)Cc1ccccc1C2=O. The predicted molar refractivity (Wildman–Crippen MR) is 69.1 cm³/mol. The molecular formula is C16H12O2. The molecule has 2 aromatic rings. The zero-order chi connectivity index (χ0) is 12.7. The van der Waals surface area contributed by atoms with Crippen LogP contribution in [-0.2, 0) is 6.42 Å². The molecule has 88 valence electrons. The van der Waals surface area contributed by atoms with Gasteiger partial charge in [-0.05, 0) is 18.6 Å². The normalized spacial score (nSPS) is 13.8. The molecule has 2 aromatic carbocycles. The van der Waals surface area contributed by atoms with Gasteiger partial charge in [-0.2, -0.15) is 0 Å². The van der Waals surface area contributed by atoms with Crippen LogP contribution in [0.2, 0.25) is 0 Å². The third kappa shape index (κ3) is 1.58. The number of Topliss-reactive ketones (excluding diaryl/α,β-unsaturated/α-hetero) is 1. The second-order valence-electron chi connectivity index (χ2n) is 4.64. The van der Waals surface area contributed by atoms with Gasteiger partial charge in [0, 0.05) is 23.1 Å². The van der Waals surface area contributed by atoms with Crippen LogP contribution in [0, 0.1) is 6.92 Å². The molecule has 0 aliphatic heterocycles. The lowest BCUT2D eigenvalue weighted by Crippen LogP contribution is -2.06. The number of hydrogen-bond donors (Lipinski definition) is 0. The first kappa shape index (κ1) is 10.9. The van der Waals surface area contributed by atoms with E-state index in [1.807, 2.05) is 31.2 Å². The topological polar surface area (TPSA) is 34.1 Å². The first-order valence-electron chi connectivity index (χ1n) is 5.93. The summed E-state index contributed by atoms with van der Waals surface area (Å²) in [4.78, 5) is 24.6. The summed E-state index contributed by atoms with van der Waals surface area (Å²) >= 11 is 0. The average molecular weight is 236 g/mol. The summed E-state index contributed by atoms with van der Waals surface area (Å²) in [7, 11) is 0. The Kier molecular flexibility index (Phi) is 2.37. The minimum absolute atomic E-state index is 0.0204. The number of benzene rings is 2. The summed E-state index contributed by atoms with van der Waals surface area (Å²) < 4.78 is 0. The molecule has 0 atom stereocenters. The molecule has 3 rings (SSSR count). The Morgan fingerprint density at radius 3 is 2.50 bits per heavy atom. The van der Waals surface area contributed by atoms with Crippen molar-refractivity contribution in [2.75, 3.05) is 0 Å². The lowest BCUT2D eigenvalue weighted by Gasteiger charge is -2.04. The van der Waals surface area contributed by atoms with Crippen LogP contribution < -0.4 is 0 Å². The summed E-state index contributed by atoms with van der Waals surface area (Å²) in [5.41, 5.74) is 3.54. The van der Waals surface area contributed by atoms with Gasteiger partial charge >= 0.3 is 0 Å². The average Bonchev–Trinajstić information content (AvgIpc) is 2.47. The van der Waals surface area contributed by atoms with Gasteiger partial charge in [0.15, 0.2) is 11.6 Å². The van der Waals surface area contributed by atoms with E-state index in [1.165, 1.54) is 0 Å². The van der Waals surface area contributed by atoms with Gasteiger partial charge < -0.3 is 0 Å². The van der Waals surface area contributed by atoms with Crippen molar-refractivity contribution < 1.29 is 9.59 Å². The first-order valence-corrected chi connectivity index (χ1v) is 5.93. The van der Waals surface area contributed by atoms with Crippen molar-refractivity contribution in [1.82, 2.24) is 0 Å². The summed E-state index contributed by atoms with van der Waals surface area (Å²) in [5.74, 6) is -0.0292. The van der Waals surface area contributed by atoms with E-state index in [1.54, 1.807) is 18.2 Å². The Morgan fingerprint density at radius 2 is 1.67 bits per heavy atom. The lowest BCUT2D eigenvalue weighted by atomic mass is 9.97. The van der Waals surface area contributed by atoms with Gasteiger partial charge in [0.05, 0.1) is 0 Å². The maximum atomic E-state index is 12.4. The highest BCUT2D eigenvalue weighted by Crippen LogP contribution is 2.25. The summed E-state index contributed by atoms with van der Waals surface area (Å²) in [6.07, 6.45) is 0.304. The Labute approximate surface area is 105 Å². The van der Waals surface area contributed by atoms with Gasteiger partial charge in [0.2, 0.25) is 0 Å². The van der Waals surface area contributed by atoms with Crippen LogP contribution in [0.15, 0.2) is 42.5 Å². The second-order valence-corrected chi connectivity index (χ2v) is 4.64. The predicted octanol–water partition coefficient (Wildman–Crippen LogP) is 2.96. The van der Waals surface area contributed by atoms with Crippen molar-refractivity contribution in [1.29, 1.82) is 0 Å². The molecular weight excluding hydrogens is 224 g/mol. The van der Waals surface area contributed by atoms with Gasteiger partial charge in [-0.3, -0.25) is 9.59 Å². The van der Waals surface area contributed by atoms with Crippen LogP contribution in [0.4, 0.5) is 0 Å². The Hall–Kier alpha value is -2.22. The molecule has 0 aromatic heterocycles. The number of aryl methyl sites for hydroxylation is 1. The van der Waals surface area contributed by atoms with E-state index in [2.05, 4.69) is 0 Å². The third-order valence-electron chi connectivity index (χ3n) is 3.33. The number of fused-ring (bicyclic) bond motifs is 2. The fourth-order valence-electron chi connectivity index (χ4n) is 2.40. The number of ketones is 2. The zero-order valence-corrected chi connectivity index (χ0v) is 10.1. The summed E-state index contributed by atoms with van der Waals surface area (Å²) in [6, 6.07) is 12.8. The largest absolute Gasteiger partial charge is 0.294 e. The highest BCUT2D eigenvalue weighted by molar-refractivity contribution is 6.19. The lowest BCUT2D eigenvalue weighted by molar-refractivity contribution is 0.0985. The van der Waals surface area contributed by atoms with Crippen molar-refractivity contribution in [3.05, 3.63) is 70.3 Å². The molecule has 0 bridgehead atoms. The molecule has 0 fully saturated rings. The van der Waals surface area contributed by atoms with E-state index >= 15 is 0 Å². The number of carbonyl (C=O) groups excluding carboxylic acids is 2. The number of rotatable bonds is 0. The monoisotopic (exact) mass is 236 g/mol. The minimum Gasteiger partial charge on any atom is -0.294 e. The van der Waals surface area contributed by atoms with E-state index in [0.717, 1.165) is 11.1 Å². The van der Waals surface area contributed by atoms with E-state index in [9.17, 15) is 9.59 Å². The molecule has 2 heteroatoms. The standard InChI is InChI=1S/C16H12O2/c1-10-6-7-13-14(8-10)15(17)9-11-4-2-3-5-12(11)16(13)18/h2-8H,9H2,1H3. The zero-order valence-electron chi connectivity index (χ0n) is 10.1. The van der Waals surface area contributed by atoms with Crippen LogP contribution in [0.1, 0.15) is 37.4 Å². The number of hydrogen-bond acceptors (Lipinski definition) is 2. The van der Waals surface area contributed by atoms with Gasteiger partial charge in [0.1, 0.15) is 0 Å². The maximum absolute atomic E-state index is 12.4. The van der Waals surface area contributed by atoms with Crippen molar-refractivity contribution in [2.24, 2.45) is 0 Å². The highest BCUT2D eigenvalue weighted by Gasteiger charge is 2.25. The molecule has 0 N–H and O–H groups in total. The molecule has 1 aliphatic carbocycles. The van der Waals surface area contributed by atoms with E-state index < -0.39 is 0 Å². The summed E-state index contributed by atoms with van der Waals surface area (Å²) in [6.45, 7) is 1.93. The highest BCUT2D eigenvalue weighted by atomic mass is 16.1. The van der Waals surface area contributed by atoms with Crippen molar-refractivity contribution in [2.45, 2.75) is 13.3 Å². The fraction of sp³-hybridized carbons (Fsp3) is 0.125.